The van der Waals surface area contributed by atoms with Crippen LogP contribution in [0.1, 0.15) is 18.1 Å². The van der Waals surface area contributed by atoms with Gasteiger partial charge in [0.05, 0.1) is 44.9 Å². The largest absolute Gasteiger partial charge is 0.496 e. The number of aromatic nitrogens is 1. The summed E-state index contributed by atoms with van der Waals surface area (Å²) < 4.78 is 41.3. The van der Waals surface area contributed by atoms with Crippen LogP contribution in [-0.2, 0) is 21.2 Å². The van der Waals surface area contributed by atoms with Crippen molar-refractivity contribution >= 4 is 33.1 Å². The molecular formula is C19H23N5O6S. The van der Waals surface area contributed by atoms with Crippen LogP contribution in [0.15, 0.2) is 18.2 Å². The second kappa shape index (κ2) is 9.86. The first kappa shape index (κ1) is 23.6. The van der Waals surface area contributed by atoms with Gasteiger partial charge in [0.1, 0.15) is 28.9 Å². The summed E-state index contributed by atoms with van der Waals surface area (Å²) >= 11 is 0. The molecule has 0 atom stereocenters. The average molecular weight is 449 g/mol. The number of benzene rings is 1. The zero-order valence-electron chi connectivity index (χ0n) is 17.5. The Bertz CT molecular complexity index is 1130. The minimum absolute atomic E-state index is 0.0238. The Hall–Kier alpha value is -3.72. The molecule has 1 aromatic carbocycles. The van der Waals surface area contributed by atoms with E-state index in [1.165, 1.54) is 32.4 Å². The maximum absolute atomic E-state index is 12.6. The summed E-state index contributed by atoms with van der Waals surface area (Å²) in [4.78, 5) is 16.7. The van der Waals surface area contributed by atoms with Crippen LogP contribution in [0.5, 0.6) is 17.4 Å². The lowest BCUT2D eigenvalue weighted by atomic mass is 10.1. The summed E-state index contributed by atoms with van der Waals surface area (Å²) in [5.74, 6) is 0.183. The zero-order valence-corrected chi connectivity index (χ0v) is 18.3. The number of pyridine rings is 1. The number of nitrogens with two attached hydrogens (primary N) is 1. The number of sulfonamides is 1. The van der Waals surface area contributed by atoms with Crippen molar-refractivity contribution in [1.29, 1.82) is 5.26 Å². The summed E-state index contributed by atoms with van der Waals surface area (Å²) in [5, 5.41) is 11.8. The van der Waals surface area contributed by atoms with Crippen molar-refractivity contribution in [3.05, 3.63) is 29.3 Å². The molecule has 0 bridgehead atoms. The van der Waals surface area contributed by atoms with Gasteiger partial charge in [0.2, 0.25) is 21.8 Å². The number of nitrogens with one attached hydrogen (secondary N) is 2. The van der Waals surface area contributed by atoms with Gasteiger partial charge in [-0.15, -0.1) is 0 Å². The van der Waals surface area contributed by atoms with E-state index in [9.17, 15) is 18.5 Å². The quantitative estimate of drug-likeness (QED) is 0.514. The van der Waals surface area contributed by atoms with Crippen LogP contribution in [-0.4, -0.2) is 46.4 Å². The van der Waals surface area contributed by atoms with Gasteiger partial charge in [-0.25, -0.2) is 8.42 Å². The Kier molecular flexibility index (Phi) is 7.49. The van der Waals surface area contributed by atoms with E-state index >= 15 is 0 Å². The van der Waals surface area contributed by atoms with Crippen molar-refractivity contribution in [3.63, 3.8) is 0 Å². The van der Waals surface area contributed by atoms with Crippen LogP contribution in [0, 0.1) is 11.3 Å². The van der Waals surface area contributed by atoms with Gasteiger partial charge in [0.15, 0.2) is 0 Å². The zero-order chi connectivity index (χ0) is 23.2. The second-order valence-corrected chi connectivity index (χ2v) is 8.03. The molecular weight excluding hydrogens is 426 g/mol. The Morgan fingerprint density at radius 1 is 1.23 bits per heavy atom. The van der Waals surface area contributed by atoms with E-state index in [2.05, 4.69) is 15.0 Å². The number of nitrogen functional groups attached to an aromatic ring is 1. The van der Waals surface area contributed by atoms with E-state index in [-0.39, 0.29) is 53.2 Å². The first-order chi connectivity index (χ1) is 14.6. The van der Waals surface area contributed by atoms with Crippen LogP contribution in [0.25, 0.3) is 0 Å². The average Bonchev–Trinajstić information content (AvgIpc) is 2.67. The van der Waals surface area contributed by atoms with Crippen LogP contribution in [0.2, 0.25) is 0 Å². The number of rotatable bonds is 9. The third-order valence-corrected chi connectivity index (χ3v) is 4.52. The van der Waals surface area contributed by atoms with E-state index in [0.29, 0.717) is 5.56 Å². The van der Waals surface area contributed by atoms with Gasteiger partial charge in [-0.3, -0.25) is 9.52 Å². The monoisotopic (exact) mass is 449 g/mol. The number of anilines is 3. The standard InChI is InChI=1S/C19H23N5O6S/c1-5-30-19-12(10-20)13(21)8-17(23-19)22-18(25)7-11-6-16(29-3)14(9-15(11)28-2)24-31(4,26)27/h6,8-9,24H,5,7H2,1-4H3,(H3,21,22,23,25). The highest BCUT2D eigenvalue weighted by Gasteiger charge is 2.18. The Morgan fingerprint density at radius 3 is 2.45 bits per heavy atom. The molecule has 166 valence electrons. The van der Waals surface area contributed by atoms with E-state index in [0.717, 1.165) is 6.26 Å². The number of hydrogen-bond donors (Lipinski definition) is 3. The van der Waals surface area contributed by atoms with E-state index in [1.807, 2.05) is 6.07 Å². The fourth-order valence-electron chi connectivity index (χ4n) is 2.70. The molecule has 11 nitrogen and oxygen atoms in total. The molecule has 0 aliphatic heterocycles. The number of amides is 1. The first-order valence-electron chi connectivity index (χ1n) is 8.97. The number of nitrogens with zero attached hydrogens (tertiary/aromatic N) is 2. The third-order valence-electron chi connectivity index (χ3n) is 3.93. The molecule has 0 radical (unpaired) electrons. The molecule has 1 amide bonds. The molecule has 0 unspecified atom stereocenters. The van der Waals surface area contributed by atoms with Crippen LogP contribution < -0.4 is 30.0 Å². The van der Waals surface area contributed by atoms with E-state index < -0.39 is 15.9 Å². The summed E-state index contributed by atoms with van der Waals surface area (Å²) in [7, 11) is -0.783. The Balaban J connectivity index is 2.30. The molecule has 0 saturated heterocycles. The molecule has 4 N–H and O–H groups in total. The number of carbonyl (C=O) groups is 1. The lowest BCUT2D eigenvalue weighted by Gasteiger charge is -2.15. The third kappa shape index (κ3) is 6.13. The summed E-state index contributed by atoms with van der Waals surface area (Å²) in [5.41, 5.74) is 6.68. The lowest BCUT2D eigenvalue weighted by Crippen LogP contribution is -2.17. The molecule has 2 rings (SSSR count). The van der Waals surface area contributed by atoms with Gasteiger partial charge in [-0.1, -0.05) is 0 Å². The van der Waals surface area contributed by atoms with Crippen LogP contribution in [0.3, 0.4) is 0 Å². The molecule has 0 aliphatic carbocycles. The topological polar surface area (TPSA) is 166 Å². The minimum Gasteiger partial charge on any atom is -0.496 e. The normalized spacial score (nSPS) is 10.7. The fraction of sp³-hybridized carbons (Fsp3) is 0.316. The van der Waals surface area contributed by atoms with Crippen molar-refractivity contribution in [1.82, 2.24) is 4.98 Å². The van der Waals surface area contributed by atoms with Crippen molar-refractivity contribution in [3.8, 4) is 23.4 Å². The summed E-state index contributed by atoms with van der Waals surface area (Å²) in [6.45, 7) is 2.00. The number of hydrogen-bond acceptors (Lipinski definition) is 9. The maximum Gasteiger partial charge on any atom is 0.235 e. The highest BCUT2D eigenvalue weighted by Crippen LogP contribution is 2.34. The molecule has 1 aromatic heterocycles. The van der Waals surface area contributed by atoms with Gasteiger partial charge < -0.3 is 25.3 Å². The summed E-state index contributed by atoms with van der Waals surface area (Å²) in [6, 6.07) is 6.19. The highest BCUT2D eigenvalue weighted by molar-refractivity contribution is 7.92. The van der Waals surface area contributed by atoms with Crippen molar-refractivity contribution in [2.75, 3.05) is 42.9 Å². The van der Waals surface area contributed by atoms with Crippen molar-refractivity contribution < 1.29 is 27.4 Å². The molecule has 12 heteroatoms. The number of ether oxygens (including phenoxy) is 3. The molecule has 0 saturated carbocycles. The Labute approximate surface area is 180 Å². The Morgan fingerprint density at radius 2 is 1.90 bits per heavy atom. The van der Waals surface area contributed by atoms with Crippen molar-refractivity contribution in [2.45, 2.75) is 13.3 Å². The van der Waals surface area contributed by atoms with E-state index in [1.54, 1.807) is 6.92 Å². The second-order valence-electron chi connectivity index (χ2n) is 6.29. The van der Waals surface area contributed by atoms with Gasteiger partial charge in [-0.2, -0.15) is 10.2 Å². The molecule has 0 spiro atoms. The molecule has 2 aromatic rings. The smallest absolute Gasteiger partial charge is 0.235 e. The highest BCUT2D eigenvalue weighted by atomic mass is 32.2. The molecule has 0 fully saturated rings. The molecule has 1 heterocycles. The molecule has 31 heavy (non-hydrogen) atoms. The van der Waals surface area contributed by atoms with E-state index in [4.69, 9.17) is 19.9 Å². The van der Waals surface area contributed by atoms with Crippen LogP contribution >= 0.6 is 0 Å². The fourth-order valence-corrected chi connectivity index (χ4v) is 3.26. The van der Waals surface area contributed by atoms with Gasteiger partial charge >= 0.3 is 0 Å². The first-order valence-corrected chi connectivity index (χ1v) is 10.9. The lowest BCUT2D eigenvalue weighted by molar-refractivity contribution is -0.115. The van der Waals surface area contributed by atoms with Gasteiger partial charge in [0.25, 0.3) is 0 Å². The van der Waals surface area contributed by atoms with Gasteiger partial charge in [0, 0.05) is 17.7 Å². The molecule has 0 aliphatic rings. The van der Waals surface area contributed by atoms with Crippen molar-refractivity contribution in [2.24, 2.45) is 0 Å². The van der Waals surface area contributed by atoms with Gasteiger partial charge in [-0.05, 0) is 13.0 Å². The maximum atomic E-state index is 12.6. The number of methoxy groups -OCH3 is 2. The minimum atomic E-state index is -3.55. The number of nitriles is 1. The predicted octanol–water partition coefficient (Wildman–Crippen LogP) is 1.50. The SMILES string of the molecule is CCOc1nc(NC(=O)Cc2cc(OC)c(NS(C)(=O)=O)cc2OC)cc(N)c1C#N. The summed E-state index contributed by atoms with van der Waals surface area (Å²) in [6.07, 6.45) is 0.872. The number of carbonyl (C=O) groups excluding carboxylic acids is 1. The predicted molar refractivity (Wildman–Crippen MR) is 115 cm³/mol. The van der Waals surface area contributed by atoms with Crippen LogP contribution in [0.4, 0.5) is 17.2 Å².